The van der Waals surface area contributed by atoms with E-state index in [4.69, 9.17) is 17.7 Å². The molecule has 2 radical (unpaired) electrons. The van der Waals surface area contributed by atoms with Crippen LogP contribution in [-0.2, 0) is 4.74 Å². The molecule has 3 heteroatoms. The second-order valence-corrected chi connectivity index (χ2v) is 3.19. The van der Waals surface area contributed by atoms with Gasteiger partial charge in [-0.15, -0.1) is 0 Å². The monoisotopic (exact) mass is 154 g/mol. The molecule has 0 aromatic rings. The maximum Gasteiger partial charge on any atom is 0.109 e. The Hall–Kier alpha value is -0.0151. The molecule has 0 bridgehead atoms. The molecule has 0 spiro atoms. The Morgan fingerprint density at radius 3 is 2.82 bits per heavy atom. The lowest BCUT2D eigenvalue weighted by Gasteiger charge is -2.11. The number of aliphatic hydroxyl groups is 1. The molecule has 3 unspecified atom stereocenters. The van der Waals surface area contributed by atoms with Gasteiger partial charge in [0.05, 0.1) is 12.7 Å². The van der Waals surface area contributed by atoms with Crippen LogP contribution in [0, 0.1) is 5.92 Å². The quantitative estimate of drug-likeness (QED) is 0.605. The normalized spacial score (nSPS) is 37.8. The van der Waals surface area contributed by atoms with Gasteiger partial charge in [0.1, 0.15) is 7.85 Å². The van der Waals surface area contributed by atoms with Crippen LogP contribution in [0.1, 0.15) is 26.2 Å². The summed E-state index contributed by atoms with van der Waals surface area (Å²) in [4.78, 5) is 0. The van der Waals surface area contributed by atoms with E-state index in [0.717, 1.165) is 19.3 Å². The van der Waals surface area contributed by atoms with Gasteiger partial charge in [-0.3, -0.25) is 0 Å². The summed E-state index contributed by atoms with van der Waals surface area (Å²) in [6.07, 6.45) is 3.16. The zero-order valence-electron chi connectivity index (χ0n) is 6.99. The van der Waals surface area contributed by atoms with Crippen molar-refractivity contribution in [1.29, 1.82) is 0 Å². The van der Waals surface area contributed by atoms with E-state index in [1.807, 2.05) is 0 Å². The predicted octanol–water partition coefficient (Wildman–Crippen LogP) is 0.678. The van der Waals surface area contributed by atoms with E-state index in [1.54, 1.807) is 0 Å². The van der Waals surface area contributed by atoms with Gasteiger partial charge in [0, 0.05) is 6.00 Å². The first kappa shape index (κ1) is 9.08. The highest BCUT2D eigenvalue weighted by Gasteiger charge is 2.29. The molecule has 1 N–H and O–H groups in total. The summed E-state index contributed by atoms with van der Waals surface area (Å²) >= 11 is 0. The molecule has 1 saturated heterocycles. The second-order valence-electron chi connectivity index (χ2n) is 3.19. The van der Waals surface area contributed by atoms with Gasteiger partial charge in [0.2, 0.25) is 0 Å². The van der Waals surface area contributed by atoms with Gasteiger partial charge >= 0.3 is 0 Å². The summed E-state index contributed by atoms with van der Waals surface area (Å²) in [5.74, 6) is 0.456. The van der Waals surface area contributed by atoms with Crippen LogP contribution >= 0.6 is 0 Å². The highest BCUT2D eigenvalue weighted by Crippen LogP contribution is 2.27. The van der Waals surface area contributed by atoms with Gasteiger partial charge in [-0.25, -0.2) is 0 Å². The van der Waals surface area contributed by atoms with Crippen LogP contribution in [0.2, 0.25) is 0 Å². The summed E-state index contributed by atoms with van der Waals surface area (Å²) in [7, 11) is 5.70. The maximum atomic E-state index is 8.79. The van der Waals surface area contributed by atoms with Crippen LogP contribution in [0.15, 0.2) is 0 Å². The molecule has 1 heterocycles. The van der Waals surface area contributed by atoms with Crippen molar-refractivity contribution < 1.29 is 9.84 Å². The molecule has 0 aromatic heterocycles. The first-order valence-corrected chi connectivity index (χ1v) is 4.29. The Kier molecular flexibility index (Phi) is 3.40. The SMILES string of the molecule is [B]C1OC(CO)CC1CCC. The van der Waals surface area contributed by atoms with Crippen LogP contribution in [0.3, 0.4) is 0 Å². The third-order valence-electron chi connectivity index (χ3n) is 2.24. The zero-order valence-corrected chi connectivity index (χ0v) is 6.99. The first-order valence-electron chi connectivity index (χ1n) is 4.29. The minimum atomic E-state index is -0.146. The molecule has 3 atom stereocenters. The molecular weight excluding hydrogens is 139 g/mol. The van der Waals surface area contributed by atoms with Gasteiger partial charge in [-0.05, 0) is 18.8 Å². The van der Waals surface area contributed by atoms with Crippen LogP contribution in [0.4, 0.5) is 0 Å². The smallest absolute Gasteiger partial charge is 0.109 e. The Bertz CT molecular complexity index is 119. The van der Waals surface area contributed by atoms with Crippen LogP contribution < -0.4 is 0 Å². The summed E-state index contributed by atoms with van der Waals surface area (Å²) in [6.45, 7) is 2.24. The molecule has 0 aromatic carbocycles. The largest absolute Gasteiger partial charge is 0.394 e. The van der Waals surface area contributed by atoms with Crippen molar-refractivity contribution in [2.24, 2.45) is 5.92 Å². The molecule has 0 amide bonds. The van der Waals surface area contributed by atoms with Crippen LogP contribution in [-0.4, -0.2) is 31.7 Å². The fourth-order valence-electron chi connectivity index (χ4n) is 1.63. The number of rotatable bonds is 3. The topological polar surface area (TPSA) is 29.5 Å². The fourth-order valence-corrected chi connectivity index (χ4v) is 1.63. The summed E-state index contributed by atoms with van der Waals surface area (Å²) in [5.41, 5.74) is 0. The molecule has 11 heavy (non-hydrogen) atoms. The molecule has 2 nitrogen and oxygen atoms in total. The van der Waals surface area contributed by atoms with Crippen LogP contribution in [0.25, 0.3) is 0 Å². The summed E-state index contributed by atoms with van der Waals surface area (Å²) < 4.78 is 5.30. The predicted molar refractivity (Wildman–Crippen MR) is 44.5 cm³/mol. The average Bonchev–Trinajstić information content (AvgIpc) is 2.33. The summed E-state index contributed by atoms with van der Waals surface area (Å²) in [5, 5.41) is 8.79. The van der Waals surface area contributed by atoms with Gasteiger partial charge in [0.25, 0.3) is 0 Å². The standard InChI is InChI=1S/C8H15BO2/c1-2-3-6-4-7(5-10)11-8(6)9/h6-8,10H,2-5H2,1H3. The van der Waals surface area contributed by atoms with Crippen molar-refractivity contribution in [3.63, 3.8) is 0 Å². The van der Waals surface area contributed by atoms with Gasteiger partial charge in [0.15, 0.2) is 0 Å². The lowest BCUT2D eigenvalue weighted by Crippen LogP contribution is -2.16. The molecule has 0 saturated carbocycles. The van der Waals surface area contributed by atoms with E-state index in [1.165, 1.54) is 0 Å². The molecular formula is C8H15BO2. The zero-order chi connectivity index (χ0) is 8.27. The van der Waals surface area contributed by atoms with E-state index in [9.17, 15) is 0 Å². The molecule has 1 aliphatic rings. The molecule has 1 rings (SSSR count). The third-order valence-corrected chi connectivity index (χ3v) is 2.24. The van der Waals surface area contributed by atoms with E-state index in [0.29, 0.717) is 5.92 Å². The molecule has 62 valence electrons. The van der Waals surface area contributed by atoms with Crippen LogP contribution in [0.5, 0.6) is 0 Å². The van der Waals surface area contributed by atoms with Crippen molar-refractivity contribution in [3.8, 4) is 0 Å². The first-order chi connectivity index (χ1) is 5.27. The van der Waals surface area contributed by atoms with E-state index in [-0.39, 0.29) is 18.7 Å². The van der Waals surface area contributed by atoms with E-state index in [2.05, 4.69) is 6.92 Å². The Balaban J connectivity index is 2.32. The van der Waals surface area contributed by atoms with Crippen molar-refractivity contribution in [1.82, 2.24) is 0 Å². The maximum absolute atomic E-state index is 8.79. The Labute approximate surface area is 69.3 Å². The minimum absolute atomic E-state index is 0.0125. The highest BCUT2D eigenvalue weighted by atomic mass is 16.5. The number of hydrogen-bond donors (Lipinski definition) is 1. The Morgan fingerprint density at radius 2 is 2.36 bits per heavy atom. The minimum Gasteiger partial charge on any atom is -0.394 e. The highest BCUT2D eigenvalue weighted by molar-refractivity contribution is 6.11. The van der Waals surface area contributed by atoms with E-state index < -0.39 is 0 Å². The summed E-state index contributed by atoms with van der Waals surface area (Å²) in [6, 6.07) is -0.146. The van der Waals surface area contributed by atoms with Gasteiger partial charge in [-0.2, -0.15) is 0 Å². The number of aliphatic hydroxyl groups excluding tert-OH is 1. The van der Waals surface area contributed by atoms with Crippen molar-refractivity contribution in [2.45, 2.75) is 38.3 Å². The Morgan fingerprint density at radius 1 is 1.64 bits per heavy atom. The lowest BCUT2D eigenvalue weighted by molar-refractivity contribution is 0.0396. The molecule has 1 aliphatic heterocycles. The molecule has 1 fully saturated rings. The number of ether oxygens (including phenoxy) is 1. The molecule has 0 aliphatic carbocycles. The van der Waals surface area contributed by atoms with Crippen molar-refractivity contribution >= 4 is 7.85 Å². The van der Waals surface area contributed by atoms with Crippen molar-refractivity contribution in [2.75, 3.05) is 6.61 Å². The van der Waals surface area contributed by atoms with Gasteiger partial charge < -0.3 is 9.84 Å². The third kappa shape index (κ3) is 2.21. The average molecular weight is 154 g/mol. The number of hydrogen-bond acceptors (Lipinski definition) is 2. The lowest BCUT2D eigenvalue weighted by atomic mass is 9.83. The van der Waals surface area contributed by atoms with Gasteiger partial charge in [-0.1, -0.05) is 13.3 Å². The fraction of sp³-hybridized carbons (Fsp3) is 1.00. The van der Waals surface area contributed by atoms with E-state index >= 15 is 0 Å². The van der Waals surface area contributed by atoms with Crippen molar-refractivity contribution in [3.05, 3.63) is 0 Å². The second kappa shape index (κ2) is 4.12.